The molecule has 2 aromatic rings. The second-order valence-corrected chi connectivity index (χ2v) is 10.2. The van der Waals surface area contributed by atoms with Gasteiger partial charge in [0.2, 0.25) is 5.88 Å². The van der Waals surface area contributed by atoms with Gasteiger partial charge in [0.05, 0.1) is 13.0 Å². The number of carbonyl (C=O) groups is 2. The topological polar surface area (TPSA) is 124 Å². The number of nitrogens with zero attached hydrogens (tertiary/aromatic N) is 1. The van der Waals surface area contributed by atoms with E-state index in [1.807, 2.05) is 45.9 Å². The first-order valence-corrected chi connectivity index (χ1v) is 12.0. The SMILES string of the molecule is COc1cc(C2C(C#N)=C(N)OC3=C2C(=O)CC(C)(C)C3)ccc1OCC(=O)Nc1ccc(C)c(C)c1. The molecule has 2 aromatic carbocycles. The molecule has 0 saturated heterocycles. The number of methoxy groups -OCH3 is 1. The van der Waals surface area contributed by atoms with Gasteiger partial charge in [-0.2, -0.15) is 5.26 Å². The number of aryl methyl sites for hydroxylation is 2. The minimum atomic E-state index is -0.673. The highest BCUT2D eigenvalue weighted by molar-refractivity contribution is 6.00. The Hall–Kier alpha value is -4.25. The normalized spacial score (nSPS) is 18.5. The summed E-state index contributed by atoms with van der Waals surface area (Å²) in [5.74, 6) is 0.168. The van der Waals surface area contributed by atoms with Gasteiger partial charge in [0.25, 0.3) is 5.91 Å². The number of rotatable bonds is 6. The zero-order chi connectivity index (χ0) is 26.9. The monoisotopic (exact) mass is 501 g/mol. The fourth-order valence-electron chi connectivity index (χ4n) is 4.76. The fraction of sp³-hybridized carbons (Fsp3) is 0.345. The highest BCUT2D eigenvalue weighted by Crippen LogP contribution is 2.48. The van der Waals surface area contributed by atoms with Crippen LogP contribution in [0.25, 0.3) is 0 Å². The molecule has 1 aliphatic heterocycles. The predicted molar refractivity (Wildman–Crippen MR) is 139 cm³/mol. The molecule has 1 unspecified atom stereocenters. The molecule has 0 fully saturated rings. The lowest BCUT2D eigenvalue weighted by Gasteiger charge is -2.37. The molecule has 1 heterocycles. The average Bonchev–Trinajstić information content (AvgIpc) is 2.83. The maximum atomic E-state index is 13.2. The van der Waals surface area contributed by atoms with Gasteiger partial charge in [-0.1, -0.05) is 26.0 Å². The Labute approximate surface area is 216 Å². The van der Waals surface area contributed by atoms with E-state index in [2.05, 4.69) is 11.4 Å². The Morgan fingerprint density at radius 3 is 2.59 bits per heavy atom. The van der Waals surface area contributed by atoms with E-state index in [1.165, 1.54) is 7.11 Å². The van der Waals surface area contributed by atoms with Crippen molar-refractivity contribution in [3.05, 3.63) is 75.9 Å². The number of ketones is 1. The van der Waals surface area contributed by atoms with Gasteiger partial charge in [-0.05, 0) is 60.2 Å². The predicted octanol–water partition coefficient (Wildman–Crippen LogP) is 4.78. The first-order valence-electron chi connectivity index (χ1n) is 12.0. The quantitative estimate of drug-likeness (QED) is 0.584. The number of amides is 1. The molecular weight excluding hydrogens is 470 g/mol. The zero-order valence-electron chi connectivity index (χ0n) is 21.7. The second-order valence-electron chi connectivity index (χ2n) is 10.2. The maximum absolute atomic E-state index is 13.2. The molecular formula is C29H31N3O5. The van der Waals surface area contributed by atoms with Gasteiger partial charge in [-0.25, -0.2) is 0 Å². The maximum Gasteiger partial charge on any atom is 0.262 e. The number of nitriles is 1. The van der Waals surface area contributed by atoms with E-state index in [-0.39, 0.29) is 35.2 Å². The minimum Gasteiger partial charge on any atom is -0.493 e. The van der Waals surface area contributed by atoms with Crippen molar-refractivity contribution in [1.29, 1.82) is 5.26 Å². The van der Waals surface area contributed by atoms with Crippen LogP contribution in [0.2, 0.25) is 0 Å². The number of nitrogens with two attached hydrogens (primary N) is 1. The molecule has 3 N–H and O–H groups in total. The zero-order valence-corrected chi connectivity index (χ0v) is 21.7. The van der Waals surface area contributed by atoms with E-state index >= 15 is 0 Å². The Morgan fingerprint density at radius 1 is 1.16 bits per heavy atom. The summed E-state index contributed by atoms with van der Waals surface area (Å²) in [6, 6.07) is 12.9. The average molecular weight is 502 g/mol. The molecule has 0 radical (unpaired) electrons. The first-order chi connectivity index (χ1) is 17.5. The van der Waals surface area contributed by atoms with Crippen LogP contribution in [-0.2, 0) is 14.3 Å². The summed E-state index contributed by atoms with van der Waals surface area (Å²) in [4.78, 5) is 25.6. The van der Waals surface area contributed by atoms with Gasteiger partial charge in [0.15, 0.2) is 23.9 Å². The number of allylic oxidation sites excluding steroid dienone is 3. The number of anilines is 1. The number of ether oxygens (including phenoxy) is 3. The second kappa shape index (κ2) is 10.0. The molecule has 1 amide bonds. The smallest absolute Gasteiger partial charge is 0.262 e. The summed E-state index contributed by atoms with van der Waals surface area (Å²) in [5, 5.41) is 12.7. The van der Waals surface area contributed by atoms with Crippen molar-refractivity contribution in [1.82, 2.24) is 0 Å². The molecule has 8 heteroatoms. The molecule has 1 aliphatic carbocycles. The molecule has 1 atom stereocenters. The number of Topliss-reactive ketones (excluding diaryl/α,β-unsaturated/α-hetero) is 1. The molecule has 2 aliphatic rings. The molecule has 0 saturated carbocycles. The van der Waals surface area contributed by atoms with Gasteiger partial charge in [-0.15, -0.1) is 0 Å². The van der Waals surface area contributed by atoms with Crippen molar-refractivity contribution in [3.63, 3.8) is 0 Å². The third kappa shape index (κ3) is 5.31. The lowest BCUT2D eigenvalue weighted by molar-refractivity contribution is -0.119. The van der Waals surface area contributed by atoms with Crippen LogP contribution in [-0.4, -0.2) is 25.4 Å². The summed E-state index contributed by atoms with van der Waals surface area (Å²) in [6.07, 6.45) is 0.885. The Bertz CT molecular complexity index is 1380. The third-order valence-electron chi connectivity index (χ3n) is 6.75. The molecule has 37 heavy (non-hydrogen) atoms. The largest absolute Gasteiger partial charge is 0.493 e. The van der Waals surface area contributed by atoms with Crippen LogP contribution in [0.4, 0.5) is 5.69 Å². The summed E-state index contributed by atoms with van der Waals surface area (Å²) >= 11 is 0. The van der Waals surface area contributed by atoms with Gasteiger partial charge in [-0.3, -0.25) is 9.59 Å². The fourth-order valence-corrected chi connectivity index (χ4v) is 4.76. The molecule has 192 valence electrons. The van der Waals surface area contributed by atoms with E-state index in [0.717, 1.165) is 11.1 Å². The van der Waals surface area contributed by atoms with E-state index in [9.17, 15) is 14.9 Å². The van der Waals surface area contributed by atoms with Gasteiger partial charge in [0, 0.05) is 24.1 Å². The summed E-state index contributed by atoms with van der Waals surface area (Å²) < 4.78 is 17.0. The van der Waals surface area contributed by atoms with Crippen molar-refractivity contribution in [2.24, 2.45) is 11.1 Å². The Balaban J connectivity index is 1.58. The number of hydrogen-bond acceptors (Lipinski definition) is 7. The first kappa shape index (κ1) is 25.8. The number of nitrogens with one attached hydrogen (secondary N) is 1. The molecule has 0 spiro atoms. The van der Waals surface area contributed by atoms with E-state index in [1.54, 1.807) is 18.2 Å². The van der Waals surface area contributed by atoms with Crippen LogP contribution in [0.1, 0.15) is 49.3 Å². The highest BCUT2D eigenvalue weighted by Gasteiger charge is 2.43. The van der Waals surface area contributed by atoms with Crippen LogP contribution in [0.3, 0.4) is 0 Å². The molecule has 4 rings (SSSR count). The van der Waals surface area contributed by atoms with Gasteiger partial charge in [0.1, 0.15) is 17.4 Å². The van der Waals surface area contributed by atoms with E-state index in [0.29, 0.717) is 46.9 Å². The third-order valence-corrected chi connectivity index (χ3v) is 6.75. The lowest BCUT2D eigenvalue weighted by atomic mass is 9.70. The number of benzene rings is 2. The number of carbonyl (C=O) groups excluding carboxylic acids is 2. The van der Waals surface area contributed by atoms with Crippen molar-refractivity contribution in [3.8, 4) is 17.6 Å². The Kier molecular flexibility index (Phi) is 6.99. The highest BCUT2D eigenvalue weighted by atomic mass is 16.5. The van der Waals surface area contributed by atoms with Gasteiger partial charge >= 0.3 is 0 Å². The van der Waals surface area contributed by atoms with Crippen molar-refractivity contribution >= 4 is 17.4 Å². The standard InChI is InChI=1S/C29H31N3O5/c1-16-6-8-19(10-17(16)2)32-25(34)15-36-22-9-7-18(11-23(22)35-5)26-20(14-30)28(31)37-24-13-29(3,4)12-21(33)27(24)26/h6-11,26H,12-13,15,31H2,1-5H3,(H,32,34). The Morgan fingerprint density at radius 2 is 1.92 bits per heavy atom. The van der Waals surface area contributed by atoms with Crippen LogP contribution >= 0.6 is 0 Å². The summed E-state index contributed by atoms with van der Waals surface area (Å²) in [7, 11) is 1.49. The molecule has 8 nitrogen and oxygen atoms in total. The molecule has 0 bridgehead atoms. The van der Waals surface area contributed by atoms with Crippen LogP contribution in [0, 0.1) is 30.6 Å². The minimum absolute atomic E-state index is 0.000873. The van der Waals surface area contributed by atoms with E-state index in [4.69, 9.17) is 19.9 Å². The summed E-state index contributed by atoms with van der Waals surface area (Å²) in [6.45, 7) is 7.76. The van der Waals surface area contributed by atoms with Crippen molar-refractivity contribution in [2.45, 2.75) is 46.5 Å². The van der Waals surface area contributed by atoms with Crippen molar-refractivity contribution < 1.29 is 23.8 Å². The molecule has 0 aromatic heterocycles. The van der Waals surface area contributed by atoms with Gasteiger partial charge < -0.3 is 25.3 Å². The van der Waals surface area contributed by atoms with Crippen LogP contribution in [0.5, 0.6) is 11.5 Å². The summed E-state index contributed by atoms with van der Waals surface area (Å²) in [5.41, 5.74) is 10.0. The van der Waals surface area contributed by atoms with Crippen LogP contribution < -0.4 is 20.5 Å². The lowest BCUT2D eigenvalue weighted by Crippen LogP contribution is -2.33. The number of hydrogen-bond donors (Lipinski definition) is 2. The van der Waals surface area contributed by atoms with Crippen molar-refractivity contribution in [2.75, 3.05) is 19.0 Å². The van der Waals surface area contributed by atoms with Crippen LogP contribution in [0.15, 0.2) is 59.2 Å². The van der Waals surface area contributed by atoms with E-state index < -0.39 is 5.92 Å².